The molecule has 4 nitrogen and oxygen atoms in total. The molecule has 172 valence electrons. The molecule has 1 aliphatic carbocycles. The highest BCUT2D eigenvalue weighted by molar-refractivity contribution is 7.16. The zero-order valence-corrected chi connectivity index (χ0v) is 20.3. The molecule has 0 saturated heterocycles. The highest BCUT2D eigenvalue weighted by Gasteiger charge is 2.29. The van der Waals surface area contributed by atoms with E-state index < -0.39 is 5.97 Å². The highest BCUT2D eigenvalue weighted by atomic mass is 35.5. The number of aromatic nitrogens is 1. The third-order valence-corrected chi connectivity index (χ3v) is 7.46. The highest BCUT2D eigenvalue weighted by Crippen LogP contribution is 2.46. The molecule has 0 bridgehead atoms. The lowest BCUT2D eigenvalue weighted by Crippen LogP contribution is -2.16. The lowest BCUT2D eigenvalue weighted by atomic mass is 9.72. The molecule has 0 unspecified atom stereocenters. The summed E-state index contributed by atoms with van der Waals surface area (Å²) in [4.78, 5) is 15.5. The van der Waals surface area contributed by atoms with Crippen molar-refractivity contribution in [3.05, 3.63) is 105 Å². The van der Waals surface area contributed by atoms with Crippen LogP contribution < -0.4 is 0 Å². The molecule has 1 heterocycles. The fourth-order valence-corrected chi connectivity index (χ4v) is 5.35. The van der Waals surface area contributed by atoms with Crippen LogP contribution in [0.15, 0.2) is 72.3 Å². The van der Waals surface area contributed by atoms with Gasteiger partial charge in [-0.3, -0.25) is 0 Å². The van der Waals surface area contributed by atoms with Gasteiger partial charge in [-0.15, -0.1) is 11.3 Å². The first-order valence-corrected chi connectivity index (χ1v) is 12.6. The minimum atomic E-state index is -0.981. The summed E-state index contributed by atoms with van der Waals surface area (Å²) < 4.78 is 1.12. The molecule has 0 aliphatic heterocycles. The van der Waals surface area contributed by atoms with Gasteiger partial charge < -0.3 is 5.11 Å². The van der Waals surface area contributed by atoms with Crippen LogP contribution in [0, 0.1) is 17.2 Å². The standard InChI is InChI=1S/C29H21ClN2O2S/c30-23-10-11-24(22(14-23)16-31)29(19-2-1-3-19)28(21-9-12-26-25(15-21)32-17-35-26)20-7-4-18(5-8-20)6-13-27(33)34/h4-15,17,19H,1-3H2,(H,33,34). The Hall–Kier alpha value is -3.72. The van der Waals surface area contributed by atoms with E-state index in [4.69, 9.17) is 16.7 Å². The van der Waals surface area contributed by atoms with Crippen molar-refractivity contribution in [3.8, 4) is 6.07 Å². The van der Waals surface area contributed by atoms with Gasteiger partial charge in [0, 0.05) is 11.1 Å². The smallest absolute Gasteiger partial charge is 0.328 e. The van der Waals surface area contributed by atoms with Crippen LogP contribution in [0.4, 0.5) is 0 Å². The topological polar surface area (TPSA) is 74.0 Å². The maximum atomic E-state index is 10.9. The Bertz CT molecular complexity index is 1520. The van der Waals surface area contributed by atoms with Crippen LogP contribution in [-0.4, -0.2) is 16.1 Å². The Labute approximate surface area is 212 Å². The van der Waals surface area contributed by atoms with Crippen LogP contribution >= 0.6 is 22.9 Å². The Morgan fingerprint density at radius 1 is 1.09 bits per heavy atom. The van der Waals surface area contributed by atoms with Gasteiger partial charge in [0.05, 0.1) is 27.4 Å². The van der Waals surface area contributed by atoms with E-state index in [1.165, 1.54) is 0 Å². The van der Waals surface area contributed by atoms with Gasteiger partial charge in [-0.1, -0.05) is 54.4 Å². The second-order valence-corrected chi connectivity index (χ2v) is 9.87. The van der Waals surface area contributed by atoms with Crippen LogP contribution in [0.5, 0.6) is 0 Å². The predicted molar refractivity (Wildman–Crippen MR) is 142 cm³/mol. The number of allylic oxidation sites excluding steroid dienone is 1. The van der Waals surface area contributed by atoms with Gasteiger partial charge >= 0.3 is 5.97 Å². The third kappa shape index (κ3) is 4.77. The van der Waals surface area contributed by atoms with E-state index in [-0.39, 0.29) is 0 Å². The Kier molecular flexibility index (Phi) is 6.50. The molecular formula is C29H21ClN2O2S. The maximum Gasteiger partial charge on any atom is 0.328 e. The number of thiazole rings is 1. The number of rotatable bonds is 6. The molecule has 5 rings (SSSR count). The molecule has 4 aromatic rings. The van der Waals surface area contributed by atoms with Gasteiger partial charge in [-0.25, -0.2) is 9.78 Å². The summed E-state index contributed by atoms with van der Waals surface area (Å²) in [5, 5.41) is 19.4. The molecule has 1 saturated carbocycles. The quantitative estimate of drug-likeness (QED) is 0.219. The number of fused-ring (bicyclic) bond motifs is 1. The molecule has 0 amide bonds. The second kappa shape index (κ2) is 9.87. The number of halogens is 1. The number of benzene rings is 3. The van der Waals surface area contributed by atoms with E-state index in [1.807, 2.05) is 41.9 Å². The molecule has 35 heavy (non-hydrogen) atoms. The predicted octanol–water partition coefficient (Wildman–Crippen LogP) is 7.68. The molecule has 0 radical (unpaired) electrons. The lowest BCUT2D eigenvalue weighted by molar-refractivity contribution is -0.131. The average molecular weight is 497 g/mol. The number of carboxylic acids is 1. The molecule has 0 spiro atoms. The van der Waals surface area contributed by atoms with Gasteiger partial charge in [-0.2, -0.15) is 5.26 Å². The minimum Gasteiger partial charge on any atom is -0.478 e. The van der Waals surface area contributed by atoms with E-state index in [0.29, 0.717) is 16.5 Å². The van der Waals surface area contributed by atoms with Crippen LogP contribution in [0.3, 0.4) is 0 Å². The van der Waals surface area contributed by atoms with E-state index in [1.54, 1.807) is 23.5 Å². The molecule has 3 aromatic carbocycles. The van der Waals surface area contributed by atoms with Gasteiger partial charge in [0.1, 0.15) is 0 Å². The monoisotopic (exact) mass is 496 g/mol. The maximum absolute atomic E-state index is 10.9. The average Bonchev–Trinajstić information content (AvgIpc) is 3.30. The zero-order valence-electron chi connectivity index (χ0n) is 18.7. The second-order valence-electron chi connectivity index (χ2n) is 8.55. The van der Waals surface area contributed by atoms with E-state index in [9.17, 15) is 10.1 Å². The first-order valence-electron chi connectivity index (χ1n) is 11.3. The van der Waals surface area contributed by atoms with E-state index in [0.717, 1.165) is 69.0 Å². The molecule has 1 aliphatic rings. The summed E-state index contributed by atoms with van der Waals surface area (Å²) in [7, 11) is 0. The lowest BCUT2D eigenvalue weighted by Gasteiger charge is -2.32. The molecule has 1 N–H and O–H groups in total. The number of nitriles is 1. The SMILES string of the molecule is N#Cc1cc(Cl)ccc1C(=C(c1ccc(C=CC(=O)O)cc1)c1ccc2scnc2c1)C1CCC1. The number of nitrogens with zero attached hydrogens (tertiary/aromatic N) is 2. The van der Waals surface area contributed by atoms with Crippen molar-refractivity contribution in [2.24, 2.45) is 5.92 Å². The van der Waals surface area contributed by atoms with Crippen molar-refractivity contribution in [2.45, 2.75) is 19.3 Å². The summed E-state index contributed by atoms with van der Waals surface area (Å²) in [5.74, 6) is -0.652. The van der Waals surface area contributed by atoms with Crippen LogP contribution in [0.2, 0.25) is 5.02 Å². The fraction of sp³-hybridized carbons (Fsp3) is 0.138. The van der Waals surface area contributed by atoms with Crippen LogP contribution in [0.25, 0.3) is 27.4 Å². The van der Waals surface area contributed by atoms with Crippen LogP contribution in [0.1, 0.15) is 47.1 Å². The fourth-order valence-electron chi connectivity index (χ4n) is 4.52. The van der Waals surface area contributed by atoms with Crippen molar-refractivity contribution < 1.29 is 9.90 Å². The normalized spacial score (nSPS) is 14.5. The van der Waals surface area contributed by atoms with Crippen molar-refractivity contribution in [1.29, 1.82) is 5.26 Å². The third-order valence-electron chi connectivity index (χ3n) is 6.41. The Morgan fingerprint density at radius 2 is 1.86 bits per heavy atom. The van der Waals surface area contributed by atoms with Crippen molar-refractivity contribution in [2.75, 3.05) is 0 Å². The minimum absolute atomic E-state index is 0.330. The van der Waals surface area contributed by atoms with E-state index >= 15 is 0 Å². The van der Waals surface area contributed by atoms with E-state index in [2.05, 4.69) is 29.3 Å². The van der Waals surface area contributed by atoms with Crippen molar-refractivity contribution in [3.63, 3.8) is 0 Å². The number of carbonyl (C=O) groups is 1. The molecule has 0 atom stereocenters. The largest absolute Gasteiger partial charge is 0.478 e. The number of aliphatic carboxylic acids is 1. The first-order chi connectivity index (χ1) is 17.0. The van der Waals surface area contributed by atoms with Gasteiger partial charge in [0.25, 0.3) is 0 Å². The van der Waals surface area contributed by atoms with Crippen molar-refractivity contribution >= 4 is 56.3 Å². The number of hydrogen-bond donors (Lipinski definition) is 1. The number of hydrogen-bond acceptors (Lipinski definition) is 4. The van der Waals surface area contributed by atoms with Gasteiger partial charge in [0.15, 0.2) is 0 Å². The summed E-state index contributed by atoms with van der Waals surface area (Å²) in [6, 6.07) is 22.1. The number of carboxylic acid groups (broad SMARTS) is 1. The molecule has 6 heteroatoms. The van der Waals surface area contributed by atoms with Crippen molar-refractivity contribution in [1.82, 2.24) is 4.98 Å². The first kappa shape index (κ1) is 23.0. The van der Waals surface area contributed by atoms with Gasteiger partial charge in [-0.05, 0) is 82.5 Å². The Morgan fingerprint density at radius 3 is 2.54 bits per heavy atom. The summed E-state index contributed by atoms with van der Waals surface area (Å²) >= 11 is 7.85. The summed E-state index contributed by atoms with van der Waals surface area (Å²) in [6.45, 7) is 0. The molecular weight excluding hydrogens is 476 g/mol. The summed E-state index contributed by atoms with van der Waals surface area (Å²) in [6.07, 6.45) is 5.99. The Balaban J connectivity index is 1.77. The van der Waals surface area contributed by atoms with Crippen LogP contribution in [-0.2, 0) is 4.79 Å². The molecule has 1 fully saturated rings. The molecule has 1 aromatic heterocycles. The van der Waals surface area contributed by atoms with Gasteiger partial charge in [0.2, 0.25) is 0 Å². The summed E-state index contributed by atoms with van der Waals surface area (Å²) in [5.41, 5.74) is 9.32. The zero-order chi connectivity index (χ0) is 24.4.